The summed E-state index contributed by atoms with van der Waals surface area (Å²) in [7, 11) is 3.43. The van der Waals surface area contributed by atoms with Gasteiger partial charge in [-0.1, -0.05) is 36.4 Å². The van der Waals surface area contributed by atoms with E-state index in [1.165, 1.54) is 11.1 Å². The smallest absolute Gasteiger partial charge is 0.122 e. The van der Waals surface area contributed by atoms with Gasteiger partial charge in [-0.2, -0.15) is 0 Å². The first-order valence-electron chi connectivity index (χ1n) is 8.42. The van der Waals surface area contributed by atoms with E-state index in [9.17, 15) is 0 Å². The fourth-order valence-electron chi connectivity index (χ4n) is 4.29. The summed E-state index contributed by atoms with van der Waals surface area (Å²) in [6.45, 7) is 1.24. The molecule has 0 aliphatic heterocycles. The molecule has 1 aliphatic carbocycles. The van der Waals surface area contributed by atoms with Gasteiger partial charge in [-0.05, 0) is 60.0 Å². The molecule has 0 aromatic heterocycles. The Bertz CT molecular complexity index is 629. The first kappa shape index (κ1) is 16.8. The molecule has 2 aromatic carbocycles. The molecule has 128 valence electrons. The SMILES string of the molecule is COc1ccccc1C1[C@H](CN)[C@@H](CN)[C@H]1c1ccccc1OC. The van der Waals surface area contributed by atoms with Crippen LogP contribution in [0, 0.1) is 11.8 Å². The summed E-state index contributed by atoms with van der Waals surface area (Å²) in [5, 5.41) is 0. The maximum absolute atomic E-state index is 6.10. The number of para-hydroxylation sites is 2. The van der Waals surface area contributed by atoms with Gasteiger partial charge in [0.2, 0.25) is 0 Å². The first-order valence-corrected chi connectivity index (χ1v) is 8.42. The lowest BCUT2D eigenvalue weighted by atomic mass is 9.52. The van der Waals surface area contributed by atoms with Crippen LogP contribution in [0.15, 0.2) is 48.5 Å². The number of benzene rings is 2. The minimum atomic E-state index is 0.288. The van der Waals surface area contributed by atoms with Gasteiger partial charge in [0.1, 0.15) is 11.5 Å². The highest BCUT2D eigenvalue weighted by atomic mass is 16.5. The molecule has 0 bridgehead atoms. The molecular formula is C20H26N2O2. The number of hydrogen-bond acceptors (Lipinski definition) is 4. The van der Waals surface area contributed by atoms with Gasteiger partial charge in [-0.25, -0.2) is 0 Å². The highest BCUT2D eigenvalue weighted by molar-refractivity contribution is 5.47. The van der Waals surface area contributed by atoms with Crippen LogP contribution >= 0.6 is 0 Å². The molecule has 0 amide bonds. The second-order valence-electron chi connectivity index (χ2n) is 6.33. The van der Waals surface area contributed by atoms with Gasteiger partial charge in [-0.15, -0.1) is 0 Å². The number of rotatable bonds is 6. The van der Waals surface area contributed by atoms with Gasteiger partial charge < -0.3 is 20.9 Å². The summed E-state index contributed by atoms with van der Waals surface area (Å²) in [5.74, 6) is 3.10. The quantitative estimate of drug-likeness (QED) is 0.856. The van der Waals surface area contributed by atoms with E-state index >= 15 is 0 Å². The second kappa shape index (κ2) is 7.24. The van der Waals surface area contributed by atoms with Gasteiger partial charge in [0.25, 0.3) is 0 Å². The van der Waals surface area contributed by atoms with Crippen molar-refractivity contribution < 1.29 is 9.47 Å². The van der Waals surface area contributed by atoms with E-state index in [2.05, 4.69) is 24.3 Å². The van der Waals surface area contributed by atoms with E-state index in [1.807, 2.05) is 24.3 Å². The Morgan fingerprint density at radius 2 is 1.08 bits per heavy atom. The number of hydrogen-bond donors (Lipinski definition) is 2. The summed E-state index contributed by atoms with van der Waals surface area (Å²) in [6.07, 6.45) is 0. The lowest BCUT2D eigenvalue weighted by molar-refractivity contribution is 0.0989. The van der Waals surface area contributed by atoms with Gasteiger partial charge in [-0.3, -0.25) is 0 Å². The molecular weight excluding hydrogens is 300 g/mol. The highest BCUT2D eigenvalue weighted by Gasteiger charge is 2.51. The lowest BCUT2D eigenvalue weighted by Crippen LogP contribution is -2.50. The minimum absolute atomic E-state index is 0.288. The van der Waals surface area contributed by atoms with Crippen molar-refractivity contribution in [2.45, 2.75) is 11.8 Å². The molecule has 1 saturated carbocycles. The fraction of sp³-hybridized carbons (Fsp3) is 0.400. The highest BCUT2D eigenvalue weighted by Crippen LogP contribution is 2.59. The van der Waals surface area contributed by atoms with E-state index in [0.717, 1.165) is 11.5 Å². The Morgan fingerprint density at radius 3 is 1.42 bits per heavy atom. The predicted molar refractivity (Wildman–Crippen MR) is 96.6 cm³/mol. The molecule has 1 fully saturated rings. The van der Waals surface area contributed by atoms with Crippen LogP contribution in [-0.2, 0) is 0 Å². The number of ether oxygens (including phenoxy) is 2. The summed E-state index contributed by atoms with van der Waals surface area (Å²) in [6, 6.07) is 16.4. The van der Waals surface area contributed by atoms with Crippen LogP contribution in [0.1, 0.15) is 23.0 Å². The van der Waals surface area contributed by atoms with Crippen LogP contribution in [-0.4, -0.2) is 27.3 Å². The molecule has 0 spiro atoms. The molecule has 4 nitrogen and oxygen atoms in total. The second-order valence-corrected chi connectivity index (χ2v) is 6.33. The molecule has 4 N–H and O–H groups in total. The van der Waals surface area contributed by atoms with Crippen LogP contribution in [0.2, 0.25) is 0 Å². The van der Waals surface area contributed by atoms with Crippen molar-refractivity contribution in [2.75, 3.05) is 27.3 Å². The monoisotopic (exact) mass is 326 g/mol. The molecule has 4 heteroatoms. The van der Waals surface area contributed by atoms with E-state index in [1.54, 1.807) is 14.2 Å². The standard InChI is InChI=1S/C20H26N2O2/c1-23-17-9-5-3-7-13(17)19-15(11-21)16(12-22)20(19)14-8-4-6-10-18(14)24-2/h3-10,15-16,19-20H,11-12,21-22H2,1-2H3/t15-,16-,19-,20?/m1/s1. The molecule has 0 heterocycles. The fourth-order valence-corrected chi connectivity index (χ4v) is 4.29. The zero-order chi connectivity index (χ0) is 17.1. The van der Waals surface area contributed by atoms with Crippen molar-refractivity contribution in [1.82, 2.24) is 0 Å². The number of methoxy groups -OCH3 is 2. The summed E-state index contributed by atoms with van der Waals surface area (Å²) >= 11 is 0. The Morgan fingerprint density at radius 1 is 0.708 bits per heavy atom. The molecule has 3 rings (SSSR count). The van der Waals surface area contributed by atoms with Crippen LogP contribution < -0.4 is 20.9 Å². The molecule has 1 unspecified atom stereocenters. The third kappa shape index (κ3) is 2.66. The van der Waals surface area contributed by atoms with Crippen LogP contribution in [0.25, 0.3) is 0 Å². The van der Waals surface area contributed by atoms with Crippen molar-refractivity contribution in [3.63, 3.8) is 0 Å². The topological polar surface area (TPSA) is 70.5 Å². The van der Waals surface area contributed by atoms with Crippen molar-refractivity contribution in [1.29, 1.82) is 0 Å². The van der Waals surface area contributed by atoms with Crippen LogP contribution in [0.3, 0.4) is 0 Å². The van der Waals surface area contributed by atoms with Gasteiger partial charge in [0.15, 0.2) is 0 Å². The molecule has 2 aromatic rings. The average Bonchev–Trinajstić information content (AvgIpc) is 2.62. The minimum Gasteiger partial charge on any atom is -0.496 e. The Balaban J connectivity index is 2.07. The zero-order valence-electron chi connectivity index (χ0n) is 14.3. The van der Waals surface area contributed by atoms with Crippen LogP contribution in [0.5, 0.6) is 11.5 Å². The largest absolute Gasteiger partial charge is 0.496 e. The summed E-state index contributed by atoms with van der Waals surface area (Å²) in [5.41, 5.74) is 14.6. The van der Waals surface area contributed by atoms with Crippen molar-refractivity contribution >= 4 is 0 Å². The summed E-state index contributed by atoms with van der Waals surface area (Å²) < 4.78 is 11.2. The Hall–Kier alpha value is -2.04. The van der Waals surface area contributed by atoms with E-state index < -0.39 is 0 Å². The molecule has 4 atom stereocenters. The number of nitrogens with two attached hydrogens (primary N) is 2. The Labute approximate surface area is 143 Å². The third-order valence-corrected chi connectivity index (χ3v) is 5.40. The molecule has 0 saturated heterocycles. The van der Waals surface area contributed by atoms with E-state index in [4.69, 9.17) is 20.9 Å². The van der Waals surface area contributed by atoms with Gasteiger partial charge >= 0.3 is 0 Å². The normalized spacial score (nSPS) is 25.8. The molecule has 1 aliphatic rings. The van der Waals surface area contributed by atoms with Crippen molar-refractivity contribution in [2.24, 2.45) is 23.3 Å². The maximum atomic E-state index is 6.10. The molecule has 24 heavy (non-hydrogen) atoms. The van der Waals surface area contributed by atoms with Gasteiger partial charge in [0, 0.05) is 0 Å². The van der Waals surface area contributed by atoms with Crippen molar-refractivity contribution in [3.05, 3.63) is 59.7 Å². The summed E-state index contributed by atoms with van der Waals surface area (Å²) in [4.78, 5) is 0. The molecule has 0 radical (unpaired) electrons. The first-order chi connectivity index (χ1) is 11.8. The van der Waals surface area contributed by atoms with Crippen LogP contribution in [0.4, 0.5) is 0 Å². The zero-order valence-corrected chi connectivity index (χ0v) is 14.3. The lowest BCUT2D eigenvalue weighted by Gasteiger charge is -2.52. The van der Waals surface area contributed by atoms with Crippen molar-refractivity contribution in [3.8, 4) is 11.5 Å². The van der Waals surface area contributed by atoms with E-state index in [0.29, 0.717) is 24.9 Å². The Kier molecular flexibility index (Phi) is 5.07. The van der Waals surface area contributed by atoms with Gasteiger partial charge in [0.05, 0.1) is 14.2 Å². The third-order valence-electron chi connectivity index (χ3n) is 5.40. The predicted octanol–water partition coefficient (Wildman–Crippen LogP) is 2.73. The maximum Gasteiger partial charge on any atom is 0.122 e. The van der Waals surface area contributed by atoms with E-state index in [-0.39, 0.29) is 11.8 Å². The average molecular weight is 326 g/mol.